The Balaban J connectivity index is 2.20. The molecule has 0 bridgehead atoms. The van der Waals surface area contributed by atoms with E-state index in [0.717, 1.165) is 19.4 Å². The minimum atomic E-state index is 0.378. The number of benzene rings is 1. The largest absolute Gasteiger partial charge is 0.369 e. The normalized spacial score (nSPS) is 25.9. The maximum atomic E-state index is 5.99. The van der Waals surface area contributed by atoms with Crippen LogP contribution in [-0.4, -0.2) is 18.6 Å². The summed E-state index contributed by atoms with van der Waals surface area (Å²) in [6.07, 6.45) is 2.19. The Morgan fingerprint density at radius 3 is 2.81 bits per heavy atom. The number of nitrogens with two attached hydrogens (primary N) is 1. The van der Waals surface area contributed by atoms with E-state index in [1.54, 1.807) is 0 Å². The topological polar surface area (TPSA) is 29.3 Å². The average Bonchev–Trinajstić information content (AvgIpc) is 2.22. The molecule has 2 N–H and O–H groups in total. The highest BCUT2D eigenvalue weighted by atomic mass is 79.9. The van der Waals surface area contributed by atoms with Crippen LogP contribution in [0.3, 0.4) is 0 Å². The predicted octanol–water partition coefficient (Wildman–Crippen LogP) is 3.07. The number of hydrogen-bond donors (Lipinski definition) is 1. The molecule has 1 aliphatic rings. The molecule has 1 heterocycles. The van der Waals surface area contributed by atoms with Gasteiger partial charge in [0.15, 0.2) is 0 Å². The van der Waals surface area contributed by atoms with Gasteiger partial charge in [-0.3, -0.25) is 0 Å². The maximum Gasteiger partial charge on any atom is 0.0372 e. The fourth-order valence-corrected chi connectivity index (χ4v) is 2.65. The highest BCUT2D eigenvalue weighted by Gasteiger charge is 2.23. The van der Waals surface area contributed by atoms with Gasteiger partial charge in [-0.25, -0.2) is 0 Å². The Hall–Kier alpha value is -0.540. The highest BCUT2D eigenvalue weighted by molar-refractivity contribution is 9.10. The third-order valence-electron chi connectivity index (χ3n) is 3.39. The summed E-state index contributed by atoms with van der Waals surface area (Å²) in [4.78, 5) is 2.46. The third kappa shape index (κ3) is 2.41. The lowest BCUT2D eigenvalue weighted by molar-refractivity contribution is 0.430. The Bertz CT molecular complexity index is 378. The van der Waals surface area contributed by atoms with E-state index in [-0.39, 0.29) is 0 Å². The lowest BCUT2D eigenvalue weighted by Gasteiger charge is -2.38. The standard InChI is InChI=1S/C13H19BrN2/c1-9-7-12(3-4-13(9)14)16-6-5-11(15)8-10(16)2/h3-4,7,10-11H,5-6,8,15H2,1-2H3. The van der Waals surface area contributed by atoms with Crippen LogP contribution in [0.4, 0.5) is 5.69 Å². The second-order valence-corrected chi connectivity index (χ2v) is 5.61. The van der Waals surface area contributed by atoms with Gasteiger partial charge in [-0.1, -0.05) is 15.9 Å². The first kappa shape index (κ1) is 11.9. The Morgan fingerprint density at radius 1 is 1.44 bits per heavy atom. The molecule has 2 unspecified atom stereocenters. The highest BCUT2D eigenvalue weighted by Crippen LogP contribution is 2.27. The number of anilines is 1. The second kappa shape index (κ2) is 4.76. The van der Waals surface area contributed by atoms with E-state index in [1.165, 1.54) is 15.7 Å². The van der Waals surface area contributed by atoms with Crippen molar-refractivity contribution in [2.75, 3.05) is 11.4 Å². The second-order valence-electron chi connectivity index (χ2n) is 4.76. The molecule has 0 aromatic heterocycles. The summed E-state index contributed by atoms with van der Waals surface area (Å²) >= 11 is 3.54. The molecule has 16 heavy (non-hydrogen) atoms. The Morgan fingerprint density at radius 2 is 2.19 bits per heavy atom. The summed E-state index contributed by atoms with van der Waals surface area (Å²) < 4.78 is 1.18. The van der Waals surface area contributed by atoms with Crippen molar-refractivity contribution in [3.63, 3.8) is 0 Å². The van der Waals surface area contributed by atoms with Crippen molar-refractivity contribution in [2.45, 2.75) is 38.8 Å². The lowest BCUT2D eigenvalue weighted by atomic mass is 9.98. The number of nitrogens with zero attached hydrogens (tertiary/aromatic N) is 1. The first-order chi connectivity index (χ1) is 7.58. The average molecular weight is 283 g/mol. The Kier molecular flexibility index (Phi) is 3.55. The molecular formula is C13H19BrN2. The van der Waals surface area contributed by atoms with Crippen molar-refractivity contribution >= 4 is 21.6 Å². The molecule has 1 fully saturated rings. The molecule has 1 aliphatic heterocycles. The van der Waals surface area contributed by atoms with Gasteiger partial charge >= 0.3 is 0 Å². The summed E-state index contributed by atoms with van der Waals surface area (Å²) in [6, 6.07) is 7.49. The molecule has 88 valence electrons. The summed E-state index contributed by atoms with van der Waals surface area (Å²) in [5, 5.41) is 0. The van der Waals surface area contributed by atoms with E-state index >= 15 is 0 Å². The van der Waals surface area contributed by atoms with Gasteiger partial charge in [0.1, 0.15) is 0 Å². The molecule has 2 atom stereocenters. The Labute approximate surface area is 106 Å². The zero-order valence-corrected chi connectivity index (χ0v) is 11.5. The van der Waals surface area contributed by atoms with E-state index in [1.807, 2.05) is 0 Å². The van der Waals surface area contributed by atoms with Crippen LogP contribution in [-0.2, 0) is 0 Å². The number of aryl methyl sites for hydroxylation is 1. The van der Waals surface area contributed by atoms with E-state index in [2.05, 4.69) is 52.9 Å². The number of hydrogen-bond acceptors (Lipinski definition) is 2. The zero-order valence-electron chi connectivity index (χ0n) is 9.91. The third-order valence-corrected chi connectivity index (χ3v) is 4.28. The quantitative estimate of drug-likeness (QED) is 0.858. The molecule has 0 aliphatic carbocycles. The molecular weight excluding hydrogens is 264 g/mol. The minimum absolute atomic E-state index is 0.378. The molecule has 0 radical (unpaired) electrons. The SMILES string of the molecule is Cc1cc(N2CCC(N)CC2C)ccc1Br. The first-order valence-electron chi connectivity index (χ1n) is 5.86. The summed E-state index contributed by atoms with van der Waals surface area (Å²) in [7, 11) is 0. The summed E-state index contributed by atoms with van der Waals surface area (Å²) in [5.74, 6) is 0. The summed E-state index contributed by atoms with van der Waals surface area (Å²) in [6.45, 7) is 5.47. The number of halogens is 1. The van der Waals surface area contributed by atoms with Crippen LogP contribution in [0.2, 0.25) is 0 Å². The van der Waals surface area contributed by atoms with Crippen molar-refractivity contribution in [3.05, 3.63) is 28.2 Å². The van der Waals surface area contributed by atoms with Gasteiger partial charge in [0, 0.05) is 28.8 Å². The molecule has 3 heteroatoms. The fourth-order valence-electron chi connectivity index (χ4n) is 2.40. The van der Waals surface area contributed by atoms with Gasteiger partial charge in [0.2, 0.25) is 0 Å². The van der Waals surface area contributed by atoms with E-state index in [0.29, 0.717) is 12.1 Å². The van der Waals surface area contributed by atoms with Gasteiger partial charge in [0.25, 0.3) is 0 Å². The molecule has 1 saturated heterocycles. The van der Waals surface area contributed by atoms with Crippen molar-refractivity contribution in [1.29, 1.82) is 0 Å². The summed E-state index contributed by atoms with van der Waals surface area (Å²) in [5.41, 5.74) is 8.60. The van der Waals surface area contributed by atoms with Gasteiger partial charge in [-0.05, 0) is 50.5 Å². The molecule has 0 amide bonds. The molecule has 1 aromatic rings. The van der Waals surface area contributed by atoms with E-state index in [9.17, 15) is 0 Å². The fraction of sp³-hybridized carbons (Fsp3) is 0.538. The molecule has 2 nitrogen and oxygen atoms in total. The smallest absolute Gasteiger partial charge is 0.0372 e. The predicted molar refractivity (Wildman–Crippen MR) is 72.9 cm³/mol. The van der Waals surface area contributed by atoms with Crippen LogP contribution in [0.1, 0.15) is 25.3 Å². The van der Waals surface area contributed by atoms with Gasteiger partial charge in [-0.2, -0.15) is 0 Å². The van der Waals surface area contributed by atoms with Crippen molar-refractivity contribution in [3.8, 4) is 0 Å². The van der Waals surface area contributed by atoms with Crippen molar-refractivity contribution in [2.24, 2.45) is 5.73 Å². The molecule has 0 spiro atoms. The van der Waals surface area contributed by atoms with Crippen LogP contribution in [0.25, 0.3) is 0 Å². The number of piperidine rings is 1. The maximum absolute atomic E-state index is 5.99. The minimum Gasteiger partial charge on any atom is -0.369 e. The lowest BCUT2D eigenvalue weighted by Crippen LogP contribution is -2.45. The monoisotopic (exact) mass is 282 g/mol. The molecule has 0 saturated carbocycles. The number of rotatable bonds is 1. The van der Waals surface area contributed by atoms with E-state index in [4.69, 9.17) is 5.73 Å². The van der Waals surface area contributed by atoms with Crippen molar-refractivity contribution in [1.82, 2.24) is 0 Å². The zero-order chi connectivity index (χ0) is 11.7. The van der Waals surface area contributed by atoms with Crippen LogP contribution in [0.5, 0.6) is 0 Å². The molecule has 2 rings (SSSR count). The molecule has 1 aromatic carbocycles. The van der Waals surface area contributed by atoms with Crippen LogP contribution >= 0.6 is 15.9 Å². The van der Waals surface area contributed by atoms with Gasteiger partial charge in [0.05, 0.1) is 0 Å². The first-order valence-corrected chi connectivity index (χ1v) is 6.65. The van der Waals surface area contributed by atoms with Crippen LogP contribution in [0.15, 0.2) is 22.7 Å². The van der Waals surface area contributed by atoms with Gasteiger partial charge < -0.3 is 10.6 Å². The van der Waals surface area contributed by atoms with Gasteiger partial charge in [-0.15, -0.1) is 0 Å². The van der Waals surface area contributed by atoms with Crippen LogP contribution < -0.4 is 10.6 Å². The van der Waals surface area contributed by atoms with E-state index < -0.39 is 0 Å². The van der Waals surface area contributed by atoms with Crippen LogP contribution in [0, 0.1) is 6.92 Å². The van der Waals surface area contributed by atoms with Crippen molar-refractivity contribution < 1.29 is 0 Å².